The van der Waals surface area contributed by atoms with Crippen molar-refractivity contribution in [2.75, 3.05) is 5.32 Å². The highest BCUT2D eigenvalue weighted by molar-refractivity contribution is 7.14. The Morgan fingerprint density at radius 2 is 1.55 bits per heavy atom. The number of oxime groups is 1. The lowest BCUT2D eigenvalue weighted by Gasteiger charge is -2.36. The van der Waals surface area contributed by atoms with E-state index in [0.717, 1.165) is 11.3 Å². The molecule has 0 aromatic carbocycles. The third-order valence-corrected chi connectivity index (χ3v) is 6.64. The third-order valence-electron chi connectivity index (χ3n) is 5.88. The van der Waals surface area contributed by atoms with Gasteiger partial charge >= 0.3 is 18.2 Å². The predicted molar refractivity (Wildman–Crippen MR) is 176 cm³/mol. The number of esters is 1. The van der Waals surface area contributed by atoms with Crippen LogP contribution in [0, 0.1) is 0 Å². The topological polar surface area (TPSA) is 226 Å². The zero-order valence-corrected chi connectivity index (χ0v) is 30.4. The van der Waals surface area contributed by atoms with Crippen LogP contribution in [0.1, 0.15) is 87.7 Å². The number of rotatable bonds is 11. The van der Waals surface area contributed by atoms with Gasteiger partial charge in [0.05, 0.1) is 19.1 Å². The average molecular weight is 708 g/mol. The summed E-state index contributed by atoms with van der Waals surface area (Å²) in [6.45, 7) is 18.4. The Morgan fingerprint density at radius 3 is 2.14 bits per heavy atom. The number of ether oxygens (including phenoxy) is 3. The van der Waals surface area contributed by atoms with Gasteiger partial charge in [-0.2, -0.15) is 5.10 Å². The average Bonchev–Trinajstić information content (AvgIpc) is 3.57. The molecule has 1 aliphatic heterocycles. The van der Waals surface area contributed by atoms with E-state index in [9.17, 15) is 24.0 Å². The van der Waals surface area contributed by atoms with Gasteiger partial charge in [-0.1, -0.05) is 5.16 Å². The largest absolute Gasteiger partial charge is 0.457 e. The Labute approximate surface area is 288 Å². The lowest BCUT2D eigenvalue weighted by atomic mass is 9.98. The molecular weight excluding hydrogens is 662 g/mol. The molecule has 3 rings (SSSR count). The van der Waals surface area contributed by atoms with Crippen LogP contribution in [-0.4, -0.2) is 89.9 Å². The molecule has 49 heavy (non-hydrogen) atoms. The third kappa shape index (κ3) is 12.3. The monoisotopic (exact) mass is 707 g/mol. The van der Waals surface area contributed by atoms with Crippen molar-refractivity contribution in [3.05, 3.63) is 23.2 Å². The number of thiazole rings is 1. The first-order valence-electron chi connectivity index (χ1n) is 15.3. The molecule has 0 saturated carbocycles. The Bertz CT molecular complexity index is 1580. The number of aromatic nitrogens is 4. The van der Waals surface area contributed by atoms with Crippen LogP contribution in [-0.2, 0) is 46.5 Å². The maximum atomic E-state index is 13.6. The van der Waals surface area contributed by atoms with E-state index in [1.807, 2.05) is 0 Å². The standard InChI is InChI=1S/C30H45N9O9S/c1-27(2,3)45-23(42)30(10,11)48-38-20(17-14-49-24(34-17)36-26(44)47-29(7,8)9)22(41)35-19-16(33-21(19)40)13-39-15-32-18(37-39)12-31-25(43)46-28(4,5)6/h14-16,19H,12-13H2,1-11H3,(H,31,43)(H,33,40)(H,35,41)(H,34,36,44)/b38-20-/t16-,19+/m1/s1. The summed E-state index contributed by atoms with van der Waals surface area (Å²) in [4.78, 5) is 77.2. The number of β-lactam (4-membered cyclic amide) rings is 1. The number of carbonyl (C=O) groups excluding carboxylic acids is 5. The fourth-order valence-corrected chi connectivity index (χ4v) is 4.45. The maximum Gasteiger partial charge on any atom is 0.413 e. The Morgan fingerprint density at radius 1 is 0.939 bits per heavy atom. The van der Waals surface area contributed by atoms with Crippen LogP contribution >= 0.6 is 11.3 Å². The number of nitrogens with zero attached hydrogens (tertiary/aromatic N) is 5. The molecule has 0 radical (unpaired) electrons. The summed E-state index contributed by atoms with van der Waals surface area (Å²) in [5.74, 6) is -1.75. The van der Waals surface area contributed by atoms with Crippen LogP contribution in [0.3, 0.4) is 0 Å². The van der Waals surface area contributed by atoms with Crippen molar-refractivity contribution < 1.29 is 43.0 Å². The number of carbonyl (C=O) groups is 5. The maximum absolute atomic E-state index is 13.6. The minimum Gasteiger partial charge on any atom is -0.457 e. The molecule has 18 nitrogen and oxygen atoms in total. The zero-order chi connectivity index (χ0) is 36.9. The van der Waals surface area contributed by atoms with Crippen molar-refractivity contribution >= 4 is 52.2 Å². The van der Waals surface area contributed by atoms with E-state index < -0.39 is 64.5 Å². The summed E-state index contributed by atoms with van der Waals surface area (Å²) < 4.78 is 17.3. The zero-order valence-electron chi connectivity index (χ0n) is 29.5. The van der Waals surface area contributed by atoms with Crippen molar-refractivity contribution in [1.82, 2.24) is 35.7 Å². The van der Waals surface area contributed by atoms with Crippen molar-refractivity contribution in [3.63, 3.8) is 0 Å². The van der Waals surface area contributed by atoms with Gasteiger partial charge in [0.1, 0.15) is 34.9 Å². The van der Waals surface area contributed by atoms with Gasteiger partial charge in [-0.25, -0.2) is 24.4 Å². The molecule has 4 N–H and O–H groups in total. The lowest BCUT2D eigenvalue weighted by molar-refractivity contribution is -0.179. The predicted octanol–water partition coefficient (Wildman–Crippen LogP) is 2.63. The van der Waals surface area contributed by atoms with E-state index in [1.165, 1.54) is 30.2 Å². The second kappa shape index (κ2) is 14.8. The van der Waals surface area contributed by atoms with Crippen LogP contribution < -0.4 is 21.3 Å². The van der Waals surface area contributed by atoms with Crippen LogP contribution in [0.2, 0.25) is 0 Å². The molecule has 19 heteroatoms. The molecule has 270 valence electrons. The van der Waals surface area contributed by atoms with E-state index in [2.05, 4.69) is 41.5 Å². The van der Waals surface area contributed by atoms with Gasteiger partial charge in [-0.05, 0) is 76.2 Å². The summed E-state index contributed by atoms with van der Waals surface area (Å²) in [5, 5.41) is 20.2. The Balaban J connectivity index is 1.76. The molecule has 2 aromatic rings. The summed E-state index contributed by atoms with van der Waals surface area (Å²) in [5.41, 5.74) is -4.25. The van der Waals surface area contributed by atoms with Gasteiger partial charge in [0.25, 0.3) is 5.91 Å². The molecule has 0 aliphatic carbocycles. The minimum absolute atomic E-state index is 0.0109. The summed E-state index contributed by atoms with van der Waals surface area (Å²) >= 11 is 0.986. The minimum atomic E-state index is -1.62. The second-order valence-electron chi connectivity index (χ2n) is 14.5. The number of alkyl carbamates (subject to hydrolysis) is 1. The first-order chi connectivity index (χ1) is 22.4. The highest BCUT2D eigenvalue weighted by Crippen LogP contribution is 2.21. The summed E-state index contributed by atoms with van der Waals surface area (Å²) in [7, 11) is 0. The first kappa shape index (κ1) is 38.6. The van der Waals surface area contributed by atoms with E-state index in [1.54, 1.807) is 62.3 Å². The molecule has 4 amide bonds. The SMILES string of the molecule is CC(C)(C)OC(=O)NCc1ncn(C[C@H]2NC(=O)[C@H]2NC(=O)/C(=N\OC(C)(C)C(=O)OC(C)(C)C)c2csc(NC(=O)OC(C)(C)C)n2)n1. The highest BCUT2D eigenvalue weighted by Gasteiger charge is 2.42. The van der Waals surface area contributed by atoms with E-state index in [4.69, 9.17) is 19.0 Å². The van der Waals surface area contributed by atoms with Crippen LogP contribution in [0.15, 0.2) is 16.9 Å². The van der Waals surface area contributed by atoms with E-state index in [0.29, 0.717) is 5.82 Å². The van der Waals surface area contributed by atoms with Crippen LogP contribution in [0.25, 0.3) is 0 Å². The van der Waals surface area contributed by atoms with Crippen LogP contribution in [0.4, 0.5) is 14.7 Å². The summed E-state index contributed by atoms with van der Waals surface area (Å²) in [6.07, 6.45) is 0.0369. The molecule has 2 atom stereocenters. The first-order valence-corrected chi connectivity index (χ1v) is 16.2. The van der Waals surface area contributed by atoms with Gasteiger partial charge in [0, 0.05) is 5.38 Å². The van der Waals surface area contributed by atoms with Gasteiger partial charge in [0.15, 0.2) is 16.7 Å². The van der Waals surface area contributed by atoms with Crippen LogP contribution in [0.5, 0.6) is 0 Å². The number of hydrogen-bond donors (Lipinski definition) is 4. The smallest absolute Gasteiger partial charge is 0.413 e. The molecule has 1 saturated heterocycles. The number of amides is 4. The lowest BCUT2D eigenvalue weighted by Crippen LogP contribution is -2.70. The van der Waals surface area contributed by atoms with Gasteiger partial charge in [-0.15, -0.1) is 11.3 Å². The van der Waals surface area contributed by atoms with Crippen molar-refractivity contribution in [1.29, 1.82) is 0 Å². The van der Waals surface area contributed by atoms with Gasteiger partial charge in [-0.3, -0.25) is 19.6 Å². The van der Waals surface area contributed by atoms with Crippen molar-refractivity contribution in [3.8, 4) is 0 Å². The number of nitrogens with one attached hydrogen (secondary N) is 4. The molecule has 1 aliphatic rings. The van der Waals surface area contributed by atoms with Gasteiger partial charge in [0.2, 0.25) is 11.5 Å². The summed E-state index contributed by atoms with van der Waals surface area (Å²) in [6, 6.07) is -1.60. The molecule has 0 spiro atoms. The quantitative estimate of drug-likeness (QED) is 0.0869. The van der Waals surface area contributed by atoms with E-state index >= 15 is 0 Å². The Kier molecular flexibility index (Phi) is 11.6. The number of hydrogen-bond acceptors (Lipinski definition) is 14. The molecule has 0 bridgehead atoms. The van der Waals surface area contributed by atoms with Gasteiger partial charge < -0.3 is 35.0 Å². The van der Waals surface area contributed by atoms with Crippen molar-refractivity contribution in [2.45, 2.75) is 124 Å². The normalized spacial score (nSPS) is 16.9. The molecule has 0 unspecified atom stereocenters. The highest BCUT2D eigenvalue weighted by atomic mass is 32.1. The molecule has 2 aromatic heterocycles. The molecule has 3 heterocycles. The van der Waals surface area contributed by atoms with E-state index in [-0.39, 0.29) is 29.6 Å². The fourth-order valence-electron chi connectivity index (χ4n) is 3.77. The van der Waals surface area contributed by atoms with Crippen molar-refractivity contribution in [2.24, 2.45) is 5.16 Å². The molecule has 1 fully saturated rings. The number of anilines is 1. The Hall–Kier alpha value is -4.81. The fraction of sp³-hybridized carbons (Fsp3) is 0.633. The molecular formula is C30H45N9O9S. The second-order valence-corrected chi connectivity index (χ2v) is 15.4.